The zero-order valence-corrected chi connectivity index (χ0v) is 20.3. The first-order chi connectivity index (χ1) is 15.8. The van der Waals surface area contributed by atoms with E-state index < -0.39 is 5.97 Å². The lowest BCUT2D eigenvalue weighted by Crippen LogP contribution is -2.40. The van der Waals surface area contributed by atoms with Gasteiger partial charge >= 0.3 is 5.97 Å². The van der Waals surface area contributed by atoms with E-state index >= 15 is 0 Å². The van der Waals surface area contributed by atoms with Crippen molar-refractivity contribution in [3.63, 3.8) is 0 Å². The fraction of sp³-hybridized carbons (Fsp3) is 0.357. The average Bonchev–Trinajstić information content (AvgIpc) is 3.11. The van der Waals surface area contributed by atoms with Crippen LogP contribution in [0.3, 0.4) is 0 Å². The number of carbonyl (C=O) groups excluding carboxylic acids is 1. The first kappa shape index (κ1) is 23.2. The van der Waals surface area contributed by atoms with Crippen LogP contribution in [0.2, 0.25) is 0 Å². The summed E-state index contributed by atoms with van der Waals surface area (Å²) >= 11 is 1.69. The molecule has 0 spiro atoms. The minimum atomic E-state index is -0.715. The minimum absolute atomic E-state index is 0.0616. The highest BCUT2D eigenvalue weighted by molar-refractivity contribution is 7.12. The predicted molar refractivity (Wildman–Crippen MR) is 134 cm³/mol. The molecule has 1 aromatic heterocycles. The first-order valence-electron chi connectivity index (χ1n) is 11.6. The number of thiophene rings is 1. The topological polar surface area (TPSA) is 57.6 Å². The third kappa shape index (κ3) is 5.03. The average molecular weight is 462 g/mol. The molecule has 1 aliphatic carbocycles. The van der Waals surface area contributed by atoms with Gasteiger partial charge in [0, 0.05) is 22.8 Å². The molecule has 1 N–H and O–H groups in total. The van der Waals surface area contributed by atoms with Gasteiger partial charge in [-0.1, -0.05) is 54.6 Å². The number of amides is 1. The van der Waals surface area contributed by atoms with Crippen LogP contribution in [0.4, 0.5) is 0 Å². The van der Waals surface area contributed by atoms with Gasteiger partial charge < -0.3 is 10.0 Å². The van der Waals surface area contributed by atoms with E-state index in [9.17, 15) is 14.7 Å². The number of hydrogen-bond donors (Lipinski definition) is 1. The molecule has 1 aliphatic rings. The van der Waals surface area contributed by atoms with Crippen molar-refractivity contribution in [1.82, 2.24) is 4.90 Å². The molecule has 2 aromatic carbocycles. The van der Waals surface area contributed by atoms with E-state index in [1.165, 1.54) is 21.6 Å². The van der Waals surface area contributed by atoms with Crippen molar-refractivity contribution in [2.75, 3.05) is 7.05 Å². The van der Waals surface area contributed by atoms with Gasteiger partial charge in [-0.05, 0) is 68.2 Å². The van der Waals surface area contributed by atoms with Crippen molar-refractivity contribution in [2.24, 2.45) is 5.92 Å². The van der Waals surface area contributed by atoms with Crippen molar-refractivity contribution in [3.8, 4) is 11.1 Å². The third-order valence-corrected chi connectivity index (χ3v) is 8.02. The number of nitrogens with zero attached hydrogens (tertiary/aromatic N) is 1. The maximum atomic E-state index is 13.6. The Kier molecular flexibility index (Phi) is 6.99. The number of rotatable bonds is 6. The van der Waals surface area contributed by atoms with Gasteiger partial charge in [-0.2, -0.15) is 0 Å². The quantitative estimate of drug-likeness (QED) is 0.466. The van der Waals surface area contributed by atoms with Gasteiger partial charge in [-0.25, -0.2) is 0 Å². The summed E-state index contributed by atoms with van der Waals surface area (Å²) in [6.07, 6.45) is 3.50. The van der Waals surface area contributed by atoms with Crippen LogP contribution in [0.25, 0.3) is 11.1 Å². The van der Waals surface area contributed by atoms with Crippen molar-refractivity contribution < 1.29 is 14.7 Å². The Morgan fingerprint density at radius 1 is 0.909 bits per heavy atom. The highest BCUT2D eigenvalue weighted by Crippen LogP contribution is 2.33. The standard InChI is InChI=1S/C28H31NO3S/c1-18-25(17-20-9-11-22(12-10-20)21-7-5-4-6-8-21)26(19(2)33-18)27(30)29(3)24-15-13-23(14-16-24)28(31)32/h4-12,23-24H,13-17H2,1-3H3,(H,31,32). The lowest BCUT2D eigenvalue weighted by Gasteiger charge is -2.33. The molecule has 0 atom stereocenters. The molecule has 0 bridgehead atoms. The summed E-state index contributed by atoms with van der Waals surface area (Å²) in [6, 6.07) is 19.0. The van der Waals surface area contributed by atoms with E-state index in [0.29, 0.717) is 12.8 Å². The summed E-state index contributed by atoms with van der Waals surface area (Å²) in [5.74, 6) is -0.928. The van der Waals surface area contributed by atoms with E-state index in [-0.39, 0.29) is 17.9 Å². The second-order valence-electron chi connectivity index (χ2n) is 9.07. The molecule has 1 saturated carbocycles. The number of carboxylic acid groups (broad SMARTS) is 1. The van der Waals surface area contributed by atoms with E-state index in [4.69, 9.17) is 0 Å². The summed E-state index contributed by atoms with van der Waals surface area (Å²) in [4.78, 5) is 28.9. The highest BCUT2D eigenvalue weighted by Gasteiger charge is 2.32. The molecule has 4 rings (SSSR count). The normalized spacial score (nSPS) is 18.2. The number of aryl methyl sites for hydroxylation is 2. The summed E-state index contributed by atoms with van der Waals surface area (Å²) in [5.41, 5.74) is 5.51. The number of carboxylic acids is 1. The first-order valence-corrected chi connectivity index (χ1v) is 12.4. The zero-order chi connectivity index (χ0) is 23.5. The summed E-state index contributed by atoms with van der Waals surface area (Å²) < 4.78 is 0. The molecule has 5 heteroatoms. The Labute approximate surface area is 199 Å². The molecule has 33 heavy (non-hydrogen) atoms. The van der Waals surface area contributed by atoms with Crippen LogP contribution in [0.1, 0.15) is 56.9 Å². The Morgan fingerprint density at radius 3 is 2.12 bits per heavy atom. The Morgan fingerprint density at radius 2 is 1.52 bits per heavy atom. The number of hydrogen-bond acceptors (Lipinski definition) is 3. The molecule has 0 aliphatic heterocycles. The van der Waals surface area contributed by atoms with Gasteiger partial charge in [0.1, 0.15) is 0 Å². The van der Waals surface area contributed by atoms with E-state index in [1.807, 2.05) is 37.1 Å². The highest BCUT2D eigenvalue weighted by atomic mass is 32.1. The Bertz CT molecular complexity index is 1130. The molecule has 1 fully saturated rings. The SMILES string of the molecule is Cc1sc(C)c(C(=O)N(C)C2CCC(C(=O)O)CC2)c1Cc1ccc(-c2ccccc2)cc1. The molecule has 0 unspecified atom stereocenters. The van der Waals surface area contributed by atoms with Gasteiger partial charge in [-0.3, -0.25) is 9.59 Å². The molecular weight excluding hydrogens is 430 g/mol. The van der Waals surface area contributed by atoms with Crippen molar-refractivity contribution in [2.45, 2.75) is 52.0 Å². The molecule has 4 nitrogen and oxygen atoms in total. The van der Waals surface area contributed by atoms with Gasteiger partial charge in [0.2, 0.25) is 0 Å². The van der Waals surface area contributed by atoms with E-state index in [2.05, 4.69) is 43.3 Å². The summed E-state index contributed by atoms with van der Waals surface area (Å²) in [5, 5.41) is 9.27. The van der Waals surface area contributed by atoms with Crippen LogP contribution in [-0.4, -0.2) is 35.0 Å². The lowest BCUT2D eigenvalue weighted by molar-refractivity contribution is -0.143. The van der Waals surface area contributed by atoms with Crippen molar-refractivity contribution >= 4 is 23.2 Å². The van der Waals surface area contributed by atoms with Crippen LogP contribution in [0.15, 0.2) is 54.6 Å². The number of aliphatic carboxylic acids is 1. The summed E-state index contributed by atoms with van der Waals surface area (Å²) in [7, 11) is 1.87. The monoisotopic (exact) mass is 461 g/mol. The van der Waals surface area contributed by atoms with Crippen LogP contribution >= 0.6 is 11.3 Å². The largest absolute Gasteiger partial charge is 0.481 e. The second kappa shape index (κ2) is 9.92. The zero-order valence-electron chi connectivity index (χ0n) is 19.5. The van der Waals surface area contributed by atoms with Crippen molar-refractivity contribution in [1.29, 1.82) is 0 Å². The molecule has 0 saturated heterocycles. The minimum Gasteiger partial charge on any atom is -0.481 e. The number of carbonyl (C=O) groups is 2. The fourth-order valence-corrected chi connectivity index (χ4v) is 5.99. The second-order valence-corrected chi connectivity index (χ2v) is 10.5. The molecular formula is C28H31NO3S. The molecule has 172 valence electrons. The van der Waals surface area contributed by atoms with E-state index in [1.54, 1.807) is 11.3 Å². The van der Waals surface area contributed by atoms with Gasteiger partial charge in [0.25, 0.3) is 5.91 Å². The molecule has 1 heterocycles. The van der Waals surface area contributed by atoms with Gasteiger partial charge in [0.15, 0.2) is 0 Å². The van der Waals surface area contributed by atoms with E-state index in [0.717, 1.165) is 35.3 Å². The predicted octanol–water partition coefficient (Wildman–Crippen LogP) is 6.34. The molecule has 3 aromatic rings. The Hall–Kier alpha value is -2.92. The molecule has 0 radical (unpaired) electrons. The summed E-state index contributed by atoms with van der Waals surface area (Å²) in [6.45, 7) is 4.13. The smallest absolute Gasteiger partial charge is 0.306 e. The van der Waals surface area contributed by atoms with Crippen LogP contribution in [-0.2, 0) is 11.2 Å². The third-order valence-electron chi connectivity index (χ3n) is 6.95. The van der Waals surface area contributed by atoms with Crippen LogP contribution in [0, 0.1) is 19.8 Å². The van der Waals surface area contributed by atoms with Crippen molar-refractivity contribution in [3.05, 3.63) is 81.0 Å². The Balaban J connectivity index is 1.52. The number of benzene rings is 2. The fourth-order valence-electron chi connectivity index (χ4n) is 4.93. The van der Waals surface area contributed by atoms with Crippen LogP contribution in [0.5, 0.6) is 0 Å². The lowest BCUT2D eigenvalue weighted by atomic mass is 9.85. The van der Waals surface area contributed by atoms with Gasteiger partial charge in [0.05, 0.1) is 11.5 Å². The maximum absolute atomic E-state index is 13.6. The molecule has 1 amide bonds. The van der Waals surface area contributed by atoms with Gasteiger partial charge in [-0.15, -0.1) is 11.3 Å². The maximum Gasteiger partial charge on any atom is 0.306 e. The van der Waals surface area contributed by atoms with Crippen LogP contribution < -0.4 is 0 Å².